The van der Waals surface area contributed by atoms with Crippen molar-refractivity contribution in [2.75, 3.05) is 36.4 Å². The molecule has 1 atom stereocenters. The van der Waals surface area contributed by atoms with Crippen molar-refractivity contribution in [3.63, 3.8) is 0 Å². The van der Waals surface area contributed by atoms with Gasteiger partial charge in [-0.1, -0.05) is 0 Å². The van der Waals surface area contributed by atoms with E-state index in [0.717, 1.165) is 38.9 Å². The van der Waals surface area contributed by atoms with Crippen LogP contribution in [0.3, 0.4) is 0 Å². The van der Waals surface area contributed by atoms with Gasteiger partial charge in [0, 0.05) is 25.3 Å². The predicted molar refractivity (Wildman–Crippen MR) is 77.5 cm³/mol. The first-order valence-corrected chi connectivity index (χ1v) is 7.30. The fraction of sp³-hybridized carbons (Fsp3) is 0.533. The summed E-state index contributed by atoms with van der Waals surface area (Å²) in [5, 5.41) is 5.96. The van der Waals surface area contributed by atoms with Gasteiger partial charge in [-0.3, -0.25) is 4.79 Å². The van der Waals surface area contributed by atoms with Gasteiger partial charge in [-0.15, -0.1) is 0 Å². The second-order valence-electron chi connectivity index (χ2n) is 5.54. The quantitative estimate of drug-likeness (QED) is 0.888. The van der Waals surface area contributed by atoms with E-state index >= 15 is 0 Å². The minimum atomic E-state index is -0.255. The summed E-state index contributed by atoms with van der Waals surface area (Å²) >= 11 is 0. The van der Waals surface area contributed by atoms with Crippen LogP contribution in [0.5, 0.6) is 0 Å². The molecule has 2 fully saturated rings. The van der Waals surface area contributed by atoms with Crippen molar-refractivity contribution in [3.8, 4) is 0 Å². The molecule has 0 aromatic heterocycles. The Labute approximate surface area is 118 Å². The van der Waals surface area contributed by atoms with E-state index in [2.05, 4.69) is 15.5 Å². The SMILES string of the molecule is O=C(Nc1ccc(N2CCCC2)c(F)c1)[C@@H]1CCNC1. The molecular weight excluding hydrogens is 257 g/mol. The molecule has 0 unspecified atom stereocenters. The van der Waals surface area contributed by atoms with Gasteiger partial charge in [0.15, 0.2) is 0 Å². The van der Waals surface area contributed by atoms with Gasteiger partial charge >= 0.3 is 0 Å². The largest absolute Gasteiger partial charge is 0.369 e. The first-order valence-electron chi connectivity index (χ1n) is 7.30. The molecule has 2 N–H and O–H groups in total. The maximum Gasteiger partial charge on any atom is 0.228 e. The van der Waals surface area contributed by atoms with Crippen LogP contribution in [0, 0.1) is 11.7 Å². The number of benzene rings is 1. The highest BCUT2D eigenvalue weighted by molar-refractivity contribution is 5.93. The zero-order valence-corrected chi connectivity index (χ0v) is 11.5. The Kier molecular flexibility index (Phi) is 3.87. The molecule has 2 heterocycles. The molecule has 2 aliphatic heterocycles. The van der Waals surface area contributed by atoms with Crippen LogP contribution in [-0.2, 0) is 4.79 Å². The highest BCUT2D eigenvalue weighted by atomic mass is 19.1. The van der Waals surface area contributed by atoms with Crippen LogP contribution in [-0.4, -0.2) is 32.1 Å². The van der Waals surface area contributed by atoms with Crippen molar-refractivity contribution in [1.29, 1.82) is 0 Å². The summed E-state index contributed by atoms with van der Waals surface area (Å²) in [5.41, 5.74) is 1.19. The summed E-state index contributed by atoms with van der Waals surface area (Å²) in [6.45, 7) is 3.41. The molecule has 1 aromatic carbocycles. The van der Waals surface area contributed by atoms with Gasteiger partial charge in [-0.25, -0.2) is 4.39 Å². The number of carbonyl (C=O) groups excluding carboxylic acids is 1. The third-order valence-electron chi connectivity index (χ3n) is 4.09. The number of nitrogens with zero attached hydrogens (tertiary/aromatic N) is 1. The number of carbonyl (C=O) groups is 1. The van der Waals surface area contributed by atoms with Crippen LogP contribution in [0.1, 0.15) is 19.3 Å². The fourth-order valence-corrected chi connectivity index (χ4v) is 2.92. The number of amides is 1. The van der Waals surface area contributed by atoms with E-state index in [9.17, 15) is 9.18 Å². The first kappa shape index (κ1) is 13.4. The van der Waals surface area contributed by atoms with Crippen LogP contribution >= 0.6 is 0 Å². The van der Waals surface area contributed by atoms with Crippen LogP contribution < -0.4 is 15.5 Å². The monoisotopic (exact) mass is 277 g/mol. The van der Waals surface area contributed by atoms with E-state index in [0.29, 0.717) is 17.9 Å². The third kappa shape index (κ3) is 2.77. The Morgan fingerprint density at radius 3 is 2.80 bits per heavy atom. The second kappa shape index (κ2) is 5.79. The lowest BCUT2D eigenvalue weighted by Gasteiger charge is -2.19. The number of rotatable bonds is 3. The predicted octanol–water partition coefficient (Wildman–Crippen LogP) is 1.97. The fourth-order valence-electron chi connectivity index (χ4n) is 2.92. The molecule has 1 aromatic rings. The van der Waals surface area contributed by atoms with Gasteiger partial charge in [0.2, 0.25) is 5.91 Å². The number of hydrogen-bond acceptors (Lipinski definition) is 3. The lowest BCUT2D eigenvalue weighted by Crippen LogP contribution is -2.25. The van der Waals surface area contributed by atoms with Gasteiger partial charge in [0.25, 0.3) is 0 Å². The summed E-state index contributed by atoms with van der Waals surface area (Å²) in [6.07, 6.45) is 3.08. The first-order chi connectivity index (χ1) is 9.74. The Morgan fingerprint density at radius 1 is 1.35 bits per heavy atom. The number of nitrogens with one attached hydrogen (secondary N) is 2. The molecule has 3 rings (SSSR count). The molecule has 0 aliphatic carbocycles. The molecule has 0 bridgehead atoms. The van der Waals surface area contributed by atoms with Crippen molar-refractivity contribution in [2.24, 2.45) is 5.92 Å². The summed E-state index contributed by atoms with van der Waals surface area (Å²) in [4.78, 5) is 14.0. The second-order valence-corrected chi connectivity index (χ2v) is 5.54. The minimum absolute atomic E-state index is 0.00341. The summed E-state index contributed by atoms with van der Waals surface area (Å²) in [6, 6.07) is 4.98. The number of halogens is 1. The summed E-state index contributed by atoms with van der Waals surface area (Å²) < 4.78 is 14.1. The molecule has 5 heteroatoms. The van der Waals surface area contributed by atoms with E-state index in [4.69, 9.17) is 0 Å². The summed E-state index contributed by atoms with van der Waals surface area (Å²) in [7, 11) is 0. The molecule has 20 heavy (non-hydrogen) atoms. The highest BCUT2D eigenvalue weighted by Crippen LogP contribution is 2.26. The highest BCUT2D eigenvalue weighted by Gasteiger charge is 2.23. The van der Waals surface area contributed by atoms with Crippen molar-refractivity contribution < 1.29 is 9.18 Å². The van der Waals surface area contributed by atoms with Crippen molar-refractivity contribution >= 4 is 17.3 Å². The third-order valence-corrected chi connectivity index (χ3v) is 4.09. The smallest absolute Gasteiger partial charge is 0.228 e. The van der Waals surface area contributed by atoms with E-state index in [1.165, 1.54) is 6.07 Å². The molecule has 2 aliphatic rings. The zero-order chi connectivity index (χ0) is 13.9. The van der Waals surface area contributed by atoms with Gasteiger partial charge in [0.05, 0.1) is 11.6 Å². The molecule has 108 valence electrons. The maximum absolute atomic E-state index is 14.1. The average molecular weight is 277 g/mol. The molecule has 0 radical (unpaired) electrons. The molecule has 0 spiro atoms. The molecule has 0 saturated carbocycles. The van der Waals surface area contributed by atoms with Crippen molar-refractivity contribution in [1.82, 2.24) is 5.32 Å². The molecule has 4 nitrogen and oxygen atoms in total. The van der Waals surface area contributed by atoms with Gasteiger partial charge in [-0.05, 0) is 44.0 Å². The van der Waals surface area contributed by atoms with E-state index in [1.807, 2.05) is 0 Å². The lowest BCUT2D eigenvalue weighted by molar-refractivity contribution is -0.119. The average Bonchev–Trinajstić information content (AvgIpc) is 3.12. The Morgan fingerprint density at radius 2 is 2.15 bits per heavy atom. The van der Waals surface area contributed by atoms with Gasteiger partial charge in [0.1, 0.15) is 5.82 Å². The zero-order valence-electron chi connectivity index (χ0n) is 11.5. The van der Waals surface area contributed by atoms with Crippen LogP contribution in [0.25, 0.3) is 0 Å². The maximum atomic E-state index is 14.1. The van der Waals surface area contributed by atoms with E-state index < -0.39 is 0 Å². The van der Waals surface area contributed by atoms with Crippen LogP contribution in [0.4, 0.5) is 15.8 Å². The minimum Gasteiger partial charge on any atom is -0.369 e. The lowest BCUT2D eigenvalue weighted by atomic mass is 10.1. The van der Waals surface area contributed by atoms with Crippen molar-refractivity contribution in [3.05, 3.63) is 24.0 Å². The Hall–Kier alpha value is -1.62. The topological polar surface area (TPSA) is 44.4 Å². The van der Waals surface area contributed by atoms with E-state index in [1.54, 1.807) is 12.1 Å². The number of anilines is 2. The summed E-state index contributed by atoms with van der Waals surface area (Å²) in [5.74, 6) is -0.283. The van der Waals surface area contributed by atoms with Crippen LogP contribution in [0.2, 0.25) is 0 Å². The van der Waals surface area contributed by atoms with Gasteiger partial charge < -0.3 is 15.5 Å². The number of hydrogen-bond donors (Lipinski definition) is 2. The normalized spacial score (nSPS) is 22.2. The van der Waals surface area contributed by atoms with Crippen LogP contribution in [0.15, 0.2) is 18.2 Å². The Bertz CT molecular complexity index is 494. The van der Waals surface area contributed by atoms with E-state index in [-0.39, 0.29) is 17.6 Å². The van der Waals surface area contributed by atoms with Crippen molar-refractivity contribution in [2.45, 2.75) is 19.3 Å². The standard InChI is InChI=1S/C15H20FN3O/c16-13-9-12(18-15(20)11-5-6-17-10-11)3-4-14(13)19-7-1-2-8-19/h3-4,9,11,17H,1-2,5-8,10H2,(H,18,20)/t11-/m1/s1. The molecule has 2 saturated heterocycles. The molecular formula is C15H20FN3O. The molecule has 1 amide bonds. The van der Waals surface area contributed by atoms with Gasteiger partial charge in [-0.2, -0.15) is 0 Å². The Balaban J connectivity index is 1.68.